The first-order chi connectivity index (χ1) is 15.7. The van der Waals surface area contributed by atoms with Crippen LogP contribution in [0.3, 0.4) is 0 Å². The van der Waals surface area contributed by atoms with Crippen molar-refractivity contribution in [2.75, 3.05) is 44.2 Å². The minimum absolute atomic E-state index is 0.0488. The van der Waals surface area contributed by atoms with Gasteiger partial charge in [0.15, 0.2) is 0 Å². The Morgan fingerprint density at radius 2 is 1.94 bits per heavy atom. The van der Waals surface area contributed by atoms with Gasteiger partial charge in [-0.15, -0.1) is 11.3 Å². The maximum atomic E-state index is 13.4. The Kier molecular flexibility index (Phi) is 5.87. The number of nitrogens with zero attached hydrogens (tertiary/aromatic N) is 5. The summed E-state index contributed by atoms with van der Waals surface area (Å²) in [6.45, 7) is 7.06. The Balaban J connectivity index is 1.23. The maximum absolute atomic E-state index is 13.4. The van der Waals surface area contributed by atoms with Crippen molar-refractivity contribution in [1.29, 1.82) is 0 Å². The summed E-state index contributed by atoms with van der Waals surface area (Å²) in [6, 6.07) is 10.0. The highest BCUT2D eigenvalue weighted by atomic mass is 32.1. The molecule has 2 aliphatic heterocycles. The Morgan fingerprint density at radius 3 is 2.69 bits per heavy atom. The smallest absolute Gasteiger partial charge is 0.270 e. The van der Waals surface area contributed by atoms with Crippen LogP contribution >= 0.6 is 11.3 Å². The minimum atomic E-state index is -0.111. The van der Waals surface area contributed by atoms with Gasteiger partial charge in [-0.05, 0) is 49.4 Å². The van der Waals surface area contributed by atoms with Crippen molar-refractivity contribution in [2.45, 2.75) is 26.3 Å². The zero-order valence-electron chi connectivity index (χ0n) is 18.4. The van der Waals surface area contributed by atoms with Crippen LogP contribution in [0.2, 0.25) is 0 Å². The molecule has 0 N–H and O–H groups in total. The van der Waals surface area contributed by atoms with E-state index >= 15 is 0 Å². The number of fused-ring (bicyclic) bond motifs is 1. The molecule has 32 heavy (non-hydrogen) atoms. The standard InChI is InChI=1S/C24H29N5O2S/c1-2-29-19-8-15-32-21(19)16-20(29)24(31)28-10-5-6-18(17-28)23(30)27-13-11-26(12-14-27)22-7-3-4-9-25-22/h3-4,7-9,15-16,18H,2,5-6,10-14,17H2,1H3. The van der Waals surface area contributed by atoms with E-state index in [1.165, 1.54) is 0 Å². The molecule has 2 aliphatic rings. The number of pyridine rings is 1. The number of piperazine rings is 1. The van der Waals surface area contributed by atoms with Gasteiger partial charge in [-0.25, -0.2) is 4.98 Å². The van der Waals surface area contributed by atoms with Crippen LogP contribution in [0.25, 0.3) is 10.2 Å². The molecular weight excluding hydrogens is 422 g/mol. The topological polar surface area (TPSA) is 61.7 Å². The number of anilines is 1. The van der Waals surface area contributed by atoms with Crippen molar-refractivity contribution in [3.05, 3.63) is 47.6 Å². The molecular formula is C24H29N5O2S. The number of amides is 2. The van der Waals surface area contributed by atoms with E-state index < -0.39 is 0 Å². The van der Waals surface area contributed by atoms with Crippen molar-refractivity contribution in [3.8, 4) is 0 Å². The van der Waals surface area contributed by atoms with E-state index in [0.717, 1.165) is 60.7 Å². The molecule has 7 nitrogen and oxygen atoms in total. The predicted octanol–water partition coefficient (Wildman–Crippen LogP) is 3.32. The highest BCUT2D eigenvalue weighted by molar-refractivity contribution is 7.17. The number of piperidine rings is 1. The van der Waals surface area contributed by atoms with Crippen molar-refractivity contribution in [1.82, 2.24) is 19.4 Å². The molecule has 5 heterocycles. The molecule has 1 atom stereocenters. The Hall–Kier alpha value is -2.87. The fourth-order valence-electron chi connectivity index (χ4n) is 4.98. The van der Waals surface area contributed by atoms with Crippen LogP contribution in [0, 0.1) is 5.92 Å². The van der Waals surface area contributed by atoms with Crippen molar-refractivity contribution < 1.29 is 9.59 Å². The Labute approximate surface area is 192 Å². The van der Waals surface area contributed by atoms with E-state index in [-0.39, 0.29) is 17.7 Å². The largest absolute Gasteiger partial charge is 0.353 e. The molecule has 5 rings (SSSR count). The average molecular weight is 452 g/mol. The lowest BCUT2D eigenvalue weighted by Gasteiger charge is -2.39. The van der Waals surface area contributed by atoms with Crippen molar-refractivity contribution >= 4 is 39.2 Å². The molecule has 2 fully saturated rings. The van der Waals surface area contributed by atoms with E-state index in [1.807, 2.05) is 34.1 Å². The van der Waals surface area contributed by atoms with E-state index in [4.69, 9.17) is 0 Å². The zero-order chi connectivity index (χ0) is 22.1. The summed E-state index contributed by atoms with van der Waals surface area (Å²) in [6.07, 6.45) is 3.53. The normalized spacial score (nSPS) is 19.5. The molecule has 2 saturated heterocycles. The number of hydrogen-bond donors (Lipinski definition) is 0. The Morgan fingerprint density at radius 1 is 1.09 bits per heavy atom. The minimum Gasteiger partial charge on any atom is -0.353 e. The predicted molar refractivity (Wildman–Crippen MR) is 127 cm³/mol. The van der Waals surface area contributed by atoms with Gasteiger partial charge in [-0.2, -0.15) is 0 Å². The molecule has 3 aromatic rings. The lowest BCUT2D eigenvalue weighted by molar-refractivity contribution is -0.137. The molecule has 2 amide bonds. The second kappa shape index (κ2) is 8.94. The van der Waals surface area contributed by atoms with Gasteiger partial charge < -0.3 is 19.3 Å². The van der Waals surface area contributed by atoms with Gasteiger partial charge in [0.25, 0.3) is 5.91 Å². The lowest BCUT2D eigenvalue weighted by Crippen LogP contribution is -2.53. The third kappa shape index (κ3) is 3.88. The summed E-state index contributed by atoms with van der Waals surface area (Å²) in [5.41, 5.74) is 1.86. The van der Waals surface area contributed by atoms with Gasteiger partial charge in [0.05, 0.1) is 16.1 Å². The third-order valence-corrected chi connectivity index (χ3v) is 7.53. The van der Waals surface area contributed by atoms with Crippen LogP contribution in [0.1, 0.15) is 30.3 Å². The molecule has 8 heteroatoms. The van der Waals surface area contributed by atoms with Gasteiger partial charge in [0.2, 0.25) is 5.91 Å². The van der Waals surface area contributed by atoms with Gasteiger partial charge in [-0.3, -0.25) is 9.59 Å². The van der Waals surface area contributed by atoms with Crippen LogP contribution < -0.4 is 4.90 Å². The quantitative estimate of drug-likeness (QED) is 0.611. The molecule has 0 radical (unpaired) electrons. The van der Waals surface area contributed by atoms with Gasteiger partial charge >= 0.3 is 0 Å². The van der Waals surface area contributed by atoms with E-state index in [9.17, 15) is 9.59 Å². The number of rotatable bonds is 4. The number of carbonyl (C=O) groups is 2. The van der Waals surface area contributed by atoms with E-state index in [2.05, 4.69) is 32.8 Å². The molecule has 3 aromatic heterocycles. The first-order valence-electron chi connectivity index (χ1n) is 11.5. The molecule has 168 valence electrons. The van der Waals surface area contributed by atoms with Crippen LogP contribution in [0.5, 0.6) is 0 Å². The first kappa shape index (κ1) is 21.0. The fraction of sp³-hybridized carbons (Fsp3) is 0.458. The lowest BCUT2D eigenvalue weighted by atomic mass is 9.96. The van der Waals surface area contributed by atoms with E-state index in [1.54, 1.807) is 17.5 Å². The second-order valence-electron chi connectivity index (χ2n) is 8.53. The fourth-order valence-corrected chi connectivity index (χ4v) is 5.80. The zero-order valence-corrected chi connectivity index (χ0v) is 19.3. The summed E-state index contributed by atoms with van der Waals surface area (Å²) in [5, 5.41) is 2.06. The van der Waals surface area contributed by atoms with Gasteiger partial charge in [0.1, 0.15) is 11.5 Å². The van der Waals surface area contributed by atoms with Gasteiger partial charge in [0, 0.05) is 52.0 Å². The first-order valence-corrected chi connectivity index (χ1v) is 12.3. The summed E-state index contributed by atoms with van der Waals surface area (Å²) < 4.78 is 3.24. The second-order valence-corrected chi connectivity index (χ2v) is 9.48. The number of aryl methyl sites for hydroxylation is 1. The van der Waals surface area contributed by atoms with Crippen LogP contribution in [-0.2, 0) is 11.3 Å². The third-order valence-electron chi connectivity index (χ3n) is 6.68. The summed E-state index contributed by atoms with van der Waals surface area (Å²) in [7, 11) is 0. The number of thiophene rings is 1. The number of aromatic nitrogens is 2. The maximum Gasteiger partial charge on any atom is 0.270 e. The van der Waals surface area contributed by atoms with E-state index in [0.29, 0.717) is 19.6 Å². The number of carbonyl (C=O) groups excluding carboxylic acids is 2. The summed E-state index contributed by atoms with van der Waals surface area (Å²) >= 11 is 1.66. The summed E-state index contributed by atoms with van der Waals surface area (Å²) in [4.78, 5) is 37.2. The summed E-state index contributed by atoms with van der Waals surface area (Å²) in [5.74, 6) is 1.09. The van der Waals surface area contributed by atoms with Gasteiger partial charge in [-0.1, -0.05) is 6.07 Å². The van der Waals surface area contributed by atoms with Crippen molar-refractivity contribution in [3.63, 3.8) is 0 Å². The Bertz CT molecular complexity index is 1100. The number of likely N-dealkylation sites (tertiary alicyclic amines) is 1. The molecule has 0 aromatic carbocycles. The van der Waals surface area contributed by atoms with Crippen LogP contribution in [-0.4, -0.2) is 70.4 Å². The highest BCUT2D eigenvalue weighted by Crippen LogP contribution is 2.28. The molecule has 0 spiro atoms. The molecule has 1 unspecified atom stereocenters. The van der Waals surface area contributed by atoms with Crippen LogP contribution in [0.15, 0.2) is 41.9 Å². The SMILES string of the molecule is CCn1c(C(=O)N2CCCC(C(=O)N3CCN(c4ccccn4)CC3)C2)cc2sccc21. The number of hydrogen-bond acceptors (Lipinski definition) is 5. The molecule has 0 bridgehead atoms. The molecule has 0 aliphatic carbocycles. The average Bonchev–Trinajstić information content (AvgIpc) is 3.45. The monoisotopic (exact) mass is 451 g/mol. The molecule has 0 saturated carbocycles. The van der Waals surface area contributed by atoms with Crippen LogP contribution in [0.4, 0.5) is 5.82 Å². The van der Waals surface area contributed by atoms with Crippen molar-refractivity contribution in [2.24, 2.45) is 5.92 Å². The highest BCUT2D eigenvalue weighted by Gasteiger charge is 2.34.